The monoisotopic (exact) mass is 387 g/mol. The molecule has 3 unspecified atom stereocenters. The summed E-state index contributed by atoms with van der Waals surface area (Å²) in [5.41, 5.74) is 1.79. The van der Waals surface area contributed by atoms with Crippen LogP contribution in [0, 0.1) is 11.8 Å². The molecule has 2 fully saturated rings. The molecule has 1 aliphatic heterocycles. The van der Waals surface area contributed by atoms with Crippen LogP contribution in [-0.2, 0) is 9.59 Å². The van der Waals surface area contributed by atoms with Gasteiger partial charge in [-0.1, -0.05) is 71.2 Å². The van der Waals surface area contributed by atoms with Crippen molar-refractivity contribution >= 4 is 24.4 Å². The molecule has 0 radical (unpaired) electrons. The van der Waals surface area contributed by atoms with Gasteiger partial charge < -0.3 is 10.0 Å². The third-order valence-corrected chi connectivity index (χ3v) is 6.36. The number of imide groups is 1. The largest absolute Gasteiger partial charge is 0.488 e. The molecule has 1 aliphatic carbocycles. The first kappa shape index (κ1) is 22.6. The van der Waals surface area contributed by atoms with Gasteiger partial charge in [0.25, 0.3) is 0 Å². The molecule has 2 aliphatic rings. The van der Waals surface area contributed by atoms with Crippen LogP contribution < -0.4 is 5.46 Å². The molecule has 5 nitrogen and oxygen atoms in total. The minimum Gasteiger partial charge on any atom is -0.423 e. The van der Waals surface area contributed by atoms with E-state index in [0.717, 1.165) is 32.1 Å². The number of hydrogen-bond acceptors (Lipinski definition) is 4. The van der Waals surface area contributed by atoms with Gasteiger partial charge in [-0.3, -0.25) is 14.5 Å². The molecule has 1 aromatic carbocycles. The van der Waals surface area contributed by atoms with E-state index in [2.05, 4.69) is 13.8 Å². The van der Waals surface area contributed by atoms with Gasteiger partial charge in [0.1, 0.15) is 0 Å². The molecule has 0 bridgehead atoms. The number of carbonyl (C=O) groups is 2. The van der Waals surface area contributed by atoms with Gasteiger partial charge in [0.05, 0.1) is 0 Å². The molecule has 6 heteroatoms. The van der Waals surface area contributed by atoms with Crippen LogP contribution in [0.3, 0.4) is 0 Å². The highest BCUT2D eigenvalue weighted by Gasteiger charge is 2.45. The van der Waals surface area contributed by atoms with Crippen LogP contribution in [0.15, 0.2) is 24.3 Å². The zero-order valence-electron chi connectivity index (χ0n) is 17.6. The number of nitrogens with zero attached hydrogens (tertiary/aromatic N) is 1. The Morgan fingerprint density at radius 3 is 1.93 bits per heavy atom. The fourth-order valence-electron chi connectivity index (χ4n) is 3.91. The first-order chi connectivity index (χ1) is 13.3. The molecule has 28 heavy (non-hydrogen) atoms. The summed E-state index contributed by atoms with van der Waals surface area (Å²) in [5.74, 6) is 0.419. The minimum atomic E-state index is -1.36. The number of hydrogen-bond donors (Lipinski definition) is 2. The average molecular weight is 387 g/mol. The first-order valence-electron chi connectivity index (χ1n) is 10.6. The van der Waals surface area contributed by atoms with Crippen molar-refractivity contribution < 1.29 is 19.6 Å². The van der Waals surface area contributed by atoms with Crippen molar-refractivity contribution in [3.05, 3.63) is 29.8 Å². The number of benzene rings is 1. The van der Waals surface area contributed by atoms with Gasteiger partial charge in [0.15, 0.2) is 0 Å². The number of rotatable bonds is 4. The van der Waals surface area contributed by atoms with Crippen molar-refractivity contribution in [3.8, 4) is 0 Å². The lowest BCUT2D eigenvalue weighted by Crippen LogP contribution is -2.41. The summed E-state index contributed by atoms with van der Waals surface area (Å²) in [7, 11) is -1.36. The van der Waals surface area contributed by atoms with E-state index in [0.29, 0.717) is 11.4 Å². The van der Waals surface area contributed by atoms with Gasteiger partial charge in [0.2, 0.25) is 11.8 Å². The second-order valence-electron chi connectivity index (χ2n) is 8.27. The van der Waals surface area contributed by atoms with Gasteiger partial charge in [-0.2, -0.15) is 0 Å². The van der Waals surface area contributed by atoms with Crippen LogP contribution in [0.2, 0.25) is 0 Å². The van der Waals surface area contributed by atoms with E-state index in [1.807, 2.05) is 26.0 Å². The van der Waals surface area contributed by atoms with Crippen LogP contribution >= 0.6 is 0 Å². The molecular formula is C22H34BNO4. The van der Waals surface area contributed by atoms with Crippen molar-refractivity contribution in [1.29, 1.82) is 0 Å². The van der Waals surface area contributed by atoms with Crippen LogP contribution in [0.5, 0.6) is 0 Å². The SMILES string of the molecule is CC1C(=O)N(C2CCCCC2)C(=O)C1C.CCC(C)c1ccc(B(O)O)cc1. The predicted molar refractivity (Wildman–Crippen MR) is 112 cm³/mol. The normalized spacial score (nSPS) is 24.0. The lowest BCUT2D eigenvalue weighted by Gasteiger charge is -2.29. The fraction of sp³-hybridized carbons (Fsp3) is 0.636. The van der Waals surface area contributed by atoms with E-state index in [1.54, 1.807) is 17.0 Å². The summed E-state index contributed by atoms with van der Waals surface area (Å²) in [6.45, 7) is 8.03. The van der Waals surface area contributed by atoms with Crippen LogP contribution in [0.25, 0.3) is 0 Å². The maximum absolute atomic E-state index is 11.9. The van der Waals surface area contributed by atoms with Crippen LogP contribution in [0.4, 0.5) is 0 Å². The Balaban J connectivity index is 0.000000203. The molecule has 1 saturated heterocycles. The van der Waals surface area contributed by atoms with E-state index >= 15 is 0 Å². The van der Waals surface area contributed by atoms with Gasteiger partial charge in [-0.25, -0.2) is 0 Å². The average Bonchev–Trinajstić information content (AvgIpc) is 2.91. The van der Waals surface area contributed by atoms with Crippen molar-refractivity contribution in [3.63, 3.8) is 0 Å². The standard InChI is InChI=1S/C12H19NO2.C10H15BO2/c1-8-9(2)12(15)13(11(8)14)10-6-4-3-5-7-10;1-3-8(2)9-4-6-10(7-5-9)11(12)13/h8-10H,3-7H2,1-2H3;4-8,12-13H,3H2,1-2H3. The molecule has 0 spiro atoms. The topological polar surface area (TPSA) is 77.8 Å². The lowest BCUT2D eigenvalue weighted by molar-refractivity contribution is -0.143. The Hall–Kier alpha value is -1.66. The van der Waals surface area contributed by atoms with Crippen molar-refractivity contribution in [2.45, 2.75) is 78.2 Å². The zero-order valence-corrected chi connectivity index (χ0v) is 17.6. The van der Waals surface area contributed by atoms with E-state index in [4.69, 9.17) is 10.0 Å². The second kappa shape index (κ2) is 10.2. The Labute approximate surface area is 169 Å². The summed E-state index contributed by atoms with van der Waals surface area (Å²) in [6.07, 6.45) is 6.68. The smallest absolute Gasteiger partial charge is 0.423 e. The van der Waals surface area contributed by atoms with E-state index < -0.39 is 7.12 Å². The molecule has 2 N–H and O–H groups in total. The predicted octanol–water partition coefficient (Wildman–Crippen LogP) is 2.84. The molecule has 1 saturated carbocycles. The summed E-state index contributed by atoms with van der Waals surface area (Å²) in [6, 6.07) is 7.61. The van der Waals surface area contributed by atoms with Gasteiger partial charge >= 0.3 is 7.12 Å². The van der Waals surface area contributed by atoms with Crippen LogP contribution in [0.1, 0.15) is 77.7 Å². The number of amides is 2. The molecule has 3 atom stereocenters. The third kappa shape index (κ3) is 5.23. The summed E-state index contributed by atoms with van der Waals surface area (Å²) in [5, 5.41) is 17.7. The quantitative estimate of drug-likeness (QED) is 0.615. The molecule has 3 rings (SSSR count). The fourth-order valence-corrected chi connectivity index (χ4v) is 3.91. The Bertz CT molecular complexity index is 635. The molecular weight excluding hydrogens is 353 g/mol. The Kier molecular flexibility index (Phi) is 8.26. The zero-order chi connectivity index (χ0) is 20.8. The lowest BCUT2D eigenvalue weighted by atomic mass is 9.79. The highest BCUT2D eigenvalue weighted by atomic mass is 16.4. The minimum absolute atomic E-state index is 0.0550. The number of likely N-dealkylation sites (tertiary alicyclic amines) is 1. The molecule has 0 aromatic heterocycles. The van der Waals surface area contributed by atoms with E-state index in [9.17, 15) is 9.59 Å². The highest BCUT2D eigenvalue weighted by Crippen LogP contribution is 2.32. The van der Waals surface area contributed by atoms with Crippen molar-refractivity contribution in [2.75, 3.05) is 0 Å². The second-order valence-corrected chi connectivity index (χ2v) is 8.27. The summed E-state index contributed by atoms with van der Waals surface area (Å²) >= 11 is 0. The van der Waals surface area contributed by atoms with E-state index in [1.165, 1.54) is 12.0 Å². The van der Waals surface area contributed by atoms with E-state index in [-0.39, 0.29) is 29.7 Å². The van der Waals surface area contributed by atoms with Crippen LogP contribution in [-0.4, -0.2) is 39.9 Å². The molecule has 2 amide bonds. The summed E-state index contributed by atoms with van der Waals surface area (Å²) in [4.78, 5) is 25.4. The third-order valence-electron chi connectivity index (χ3n) is 6.36. The molecule has 1 heterocycles. The summed E-state index contributed by atoms with van der Waals surface area (Å²) < 4.78 is 0. The highest BCUT2D eigenvalue weighted by molar-refractivity contribution is 6.58. The van der Waals surface area contributed by atoms with Gasteiger partial charge in [-0.05, 0) is 36.2 Å². The molecule has 154 valence electrons. The first-order valence-corrected chi connectivity index (χ1v) is 10.6. The van der Waals surface area contributed by atoms with Crippen molar-refractivity contribution in [2.24, 2.45) is 11.8 Å². The number of carbonyl (C=O) groups excluding carboxylic acids is 2. The Morgan fingerprint density at radius 1 is 1.00 bits per heavy atom. The van der Waals surface area contributed by atoms with Gasteiger partial charge in [-0.15, -0.1) is 0 Å². The maximum Gasteiger partial charge on any atom is 0.488 e. The van der Waals surface area contributed by atoms with Crippen molar-refractivity contribution in [1.82, 2.24) is 4.90 Å². The van der Waals surface area contributed by atoms with Gasteiger partial charge in [0, 0.05) is 17.9 Å². The molecule has 1 aromatic rings. The maximum atomic E-state index is 11.9. The Morgan fingerprint density at radius 2 is 1.50 bits per heavy atom.